The molecule has 7 nitrogen and oxygen atoms in total. The highest BCUT2D eigenvalue weighted by Crippen LogP contribution is 2.22. The predicted molar refractivity (Wildman–Crippen MR) is 147 cm³/mol. The molecule has 0 heterocycles. The van der Waals surface area contributed by atoms with E-state index in [1.807, 2.05) is 52.0 Å². The topological polar surface area (TPSA) is 86.8 Å². The van der Waals surface area contributed by atoms with Crippen LogP contribution in [0.2, 0.25) is 5.02 Å². The van der Waals surface area contributed by atoms with E-state index in [0.717, 1.165) is 16.7 Å². The molecule has 2 aromatic carbocycles. The second-order valence-corrected chi connectivity index (χ2v) is 12.1. The molecule has 0 saturated heterocycles. The maximum atomic E-state index is 13.3. The molecule has 0 aromatic heterocycles. The van der Waals surface area contributed by atoms with Gasteiger partial charge >= 0.3 is 0 Å². The summed E-state index contributed by atoms with van der Waals surface area (Å²) in [5.74, 6) is -0.173. The van der Waals surface area contributed by atoms with E-state index in [1.54, 1.807) is 25.1 Å². The molecule has 1 atom stereocenters. The van der Waals surface area contributed by atoms with Crippen molar-refractivity contribution >= 4 is 39.1 Å². The zero-order chi connectivity index (χ0) is 27.0. The first-order valence-electron chi connectivity index (χ1n) is 12.2. The Hall–Kier alpha value is -2.58. The van der Waals surface area contributed by atoms with Gasteiger partial charge in [-0.2, -0.15) is 0 Å². The van der Waals surface area contributed by atoms with Gasteiger partial charge in [-0.05, 0) is 74.1 Å². The molecule has 0 fully saturated rings. The summed E-state index contributed by atoms with van der Waals surface area (Å²) < 4.78 is 26.4. The first-order valence-corrected chi connectivity index (χ1v) is 14.4. The summed E-state index contributed by atoms with van der Waals surface area (Å²) in [5, 5.41) is 3.44. The third kappa shape index (κ3) is 9.13. The highest BCUT2D eigenvalue weighted by atomic mass is 35.5. The average molecular weight is 536 g/mol. The maximum absolute atomic E-state index is 13.3. The van der Waals surface area contributed by atoms with Crippen LogP contribution in [-0.4, -0.2) is 50.5 Å². The Balaban J connectivity index is 2.18. The molecular weight excluding hydrogens is 498 g/mol. The van der Waals surface area contributed by atoms with Crippen LogP contribution in [0.15, 0.2) is 42.5 Å². The van der Waals surface area contributed by atoms with Crippen LogP contribution in [0.4, 0.5) is 5.69 Å². The van der Waals surface area contributed by atoms with Crippen LogP contribution >= 0.6 is 11.6 Å². The maximum Gasteiger partial charge on any atom is 0.242 e. The van der Waals surface area contributed by atoms with E-state index in [-0.39, 0.29) is 37.2 Å². The van der Waals surface area contributed by atoms with Gasteiger partial charge in [0.15, 0.2) is 0 Å². The highest BCUT2D eigenvalue weighted by molar-refractivity contribution is 7.92. The number of halogens is 1. The number of aryl methyl sites for hydroxylation is 2. The van der Waals surface area contributed by atoms with Crippen molar-refractivity contribution in [2.45, 2.75) is 60.0 Å². The van der Waals surface area contributed by atoms with Crippen molar-refractivity contribution in [3.05, 3.63) is 64.2 Å². The summed E-state index contributed by atoms with van der Waals surface area (Å²) in [5.41, 5.74) is 3.32. The standard InChI is InChI=1S/C27H38ClN3O4S/c1-19(2)17-29-27(33)22(5)30(18-23-9-7-10-24(28)16-23)26(32)11-8-12-31(36(6,34)35)25-14-20(3)13-21(4)15-25/h7,9-10,13-16,19,22H,8,11-12,17-18H2,1-6H3,(H,29,33)/t22-/m0/s1. The molecule has 1 N–H and O–H groups in total. The number of sulfonamides is 1. The van der Waals surface area contributed by atoms with E-state index in [1.165, 1.54) is 15.5 Å². The number of hydrogen-bond donors (Lipinski definition) is 1. The van der Waals surface area contributed by atoms with E-state index in [4.69, 9.17) is 11.6 Å². The minimum Gasteiger partial charge on any atom is -0.354 e. The molecule has 2 amide bonds. The monoisotopic (exact) mass is 535 g/mol. The molecule has 198 valence electrons. The normalized spacial score (nSPS) is 12.3. The molecule has 0 saturated carbocycles. The smallest absolute Gasteiger partial charge is 0.242 e. The summed E-state index contributed by atoms with van der Waals surface area (Å²) in [6.07, 6.45) is 1.57. The van der Waals surface area contributed by atoms with Crippen molar-refractivity contribution in [2.75, 3.05) is 23.7 Å². The van der Waals surface area contributed by atoms with Crippen LogP contribution in [-0.2, 0) is 26.2 Å². The van der Waals surface area contributed by atoms with Crippen molar-refractivity contribution in [2.24, 2.45) is 5.92 Å². The molecule has 2 rings (SSSR count). The summed E-state index contributed by atoms with van der Waals surface area (Å²) in [6, 6.07) is 12.1. The largest absolute Gasteiger partial charge is 0.354 e. The molecule has 9 heteroatoms. The van der Waals surface area contributed by atoms with Crippen molar-refractivity contribution in [1.29, 1.82) is 0 Å². The van der Waals surface area contributed by atoms with Gasteiger partial charge in [-0.15, -0.1) is 0 Å². The zero-order valence-electron chi connectivity index (χ0n) is 22.0. The molecule has 0 spiro atoms. The second kappa shape index (κ2) is 13.1. The number of nitrogens with one attached hydrogen (secondary N) is 1. The van der Waals surface area contributed by atoms with Crippen LogP contribution in [0.5, 0.6) is 0 Å². The lowest BCUT2D eigenvalue weighted by atomic mass is 10.1. The average Bonchev–Trinajstić information content (AvgIpc) is 2.76. The zero-order valence-corrected chi connectivity index (χ0v) is 23.6. The summed E-state index contributed by atoms with van der Waals surface area (Å²) in [6.45, 7) is 10.4. The molecule has 0 unspecified atom stereocenters. The number of benzene rings is 2. The minimum atomic E-state index is -3.54. The fourth-order valence-corrected chi connectivity index (χ4v) is 5.13. The SMILES string of the molecule is Cc1cc(C)cc(N(CCCC(=O)N(Cc2cccc(Cl)c2)[C@@H](C)C(=O)NCC(C)C)S(C)(=O)=O)c1. The Labute approximate surface area is 220 Å². The Morgan fingerprint density at radius 1 is 1.03 bits per heavy atom. The summed E-state index contributed by atoms with van der Waals surface area (Å²) >= 11 is 6.13. The molecule has 0 radical (unpaired) electrons. The minimum absolute atomic E-state index is 0.0964. The van der Waals surface area contributed by atoms with Gasteiger partial charge in [0.2, 0.25) is 21.8 Å². The molecule has 2 aromatic rings. The molecule has 0 bridgehead atoms. The third-order valence-electron chi connectivity index (χ3n) is 5.74. The van der Waals surface area contributed by atoms with E-state index < -0.39 is 16.1 Å². The Morgan fingerprint density at radius 2 is 1.67 bits per heavy atom. The fourth-order valence-electron chi connectivity index (χ4n) is 3.97. The van der Waals surface area contributed by atoms with Crippen LogP contribution in [0.25, 0.3) is 0 Å². The van der Waals surface area contributed by atoms with Crippen molar-refractivity contribution in [3.8, 4) is 0 Å². The number of carbonyl (C=O) groups is 2. The Bertz CT molecular complexity index is 1150. The first kappa shape index (κ1) is 29.6. The van der Waals surface area contributed by atoms with Crippen molar-refractivity contribution in [1.82, 2.24) is 10.2 Å². The first-order chi connectivity index (χ1) is 16.8. The van der Waals surface area contributed by atoms with Crippen molar-refractivity contribution in [3.63, 3.8) is 0 Å². The molecular formula is C27H38ClN3O4S. The van der Waals surface area contributed by atoms with Crippen molar-refractivity contribution < 1.29 is 18.0 Å². The lowest BCUT2D eigenvalue weighted by Crippen LogP contribution is -2.48. The van der Waals surface area contributed by atoms with Gasteiger partial charge in [-0.25, -0.2) is 8.42 Å². The second-order valence-electron chi connectivity index (χ2n) is 9.75. The fraction of sp³-hybridized carbons (Fsp3) is 0.481. The Kier molecular flexibility index (Phi) is 10.8. The van der Waals surface area contributed by atoms with Gasteiger partial charge in [0, 0.05) is 31.1 Å². The lowest BCUT2D eigenvalue weighted by Gasteiger charge is -2.30. The van der Waals surface area contributed by atoms with E-state index in [9.17, 15) is 18.0 Å². The number of anilines is 1. The van der Waals surface area contributed by atoms with Crippen LogP contribution in [0.1, 0.15) is 50.3 Å². The quantitative estimate of drug-likeness (QED) is 0.427. The van der Waals surface area contributed by atoms with Crippen LogP contribution < -0.4 is 9.62 Å². The van der Waals surface area contributed by atoms with Gasteiger partial charge in [-0.3, -0.25) is 13.9 Å². The number of hydrogen-bond acceptors (Lipinski definition) is 4. The van der Waals surface area contributed by atoms with Gasteiger partial charge < -0.3 is 10.2 Å². The number of nitrogens with zero attached hydrogens (tertiary/aromatic N) is 2. The van der Waals surface area contributed by atoms with E-state index in [2.05, 4.69) is 5.32 Å². The van der Waals surface area contributed by atoms with E-state index in [0.29, 0.717) is 23.7 Å². The number of rotatable bonds is 12. The third-order valence-corrected chi connectivity index (χ3v) is 7.17. The Morgan fingerprint density at radius 3 is 2.22 bits per heavy atom. The molecule has 0 aliphatic rings. The lowest BCUT2D eigenvalue weighted by molar-refractivity contribution is -0.140. The molecule has 0 aliphatic heterocycles. The number of amides is 2. The summed E-state index contributed by atoms with van der Waals surface area (Å²) in [4.78, 5) is 27.7. The van der Waals surface area contributed by atoms with E-state index >= 15 is 0 Å². The van der Waals surface area contributed by atoms with Gasteiger partial charge in [-0.1, -0.05) is 43.6 Å². The van der Waals surface area contributed by atoms with Crippen LogP contribution in [0, 0.1) is 19.8 Å². The van der Waals surface area contributed by atoms with Gasteiger partial charge in [0.1, 0.15) is 6.04 Å². The summed E-state index contributed by atoms with van der Waals surface area (Å²) in [7, 11) is -3.54. The predicted octanol–water partition coefficient (Wildman–Crippen LogP) is 4.69. The van der Waals surface area contributed by atoms with Crippen LogP contribution in [0.3, 0.4) is 0 Å². The number of carbonyl (C=O) groups excluding carboxylic acids is 2. The highest BCUT2D eigenvalue weighted by Gasteiger charge is 2.27. The van der Waals surface area contributed by atoms with Gasteiger partial charge in [0.25, 0.3) is 0 Å². The van der Waals surface area contributed by atoms with Gasteiger partial charge in [0.05, 0.1) is 11.9 Å². The molecule has 36 heavy (non-hydrogen) atoms. The molecule has 0 aliphatic carbocycles.